The third-order valence-corrected chi connectivity index (χ3v) is 10.1. The average molecular weight is 566 g/mol. The molecule has 218 valence electrons. The van der Waals surface area contributed by atoms with Gasteiger partial charge in [-0.1, -0.05) is 0 Å². The molecule has 7 fully saturated rings. The summed E-state index contributed by atoms with van der Waals surface area (Å²) in [5.74, 6) is -3.22. The maximum atomic E-state index is 14.3. The standard InChI is InChI=1S/C27H34F3N5O5/c28-27(29,30)25(39)34-21(26-9-13-5-14(10-26)7-15(6-13)11-26)24(38)35-19-2-1-18(40-19)20(35)23(37)33-17(12-31)8-16-3-4-32-22(16)36/h13-21H,1-11H2,(H,32,36)(H,33,37)(H,34,39)/t13?,14?,15?,16-,17-,18+,19-,20-,21+,26?/m0/s1. The van der Waals surface area contributed by atoms with Crippen molar-refractivity contribution in [2.24, 2.45) is 29.1 Å². The molecule has 4 aliphatic carbocycles. The van der Waals surface area contributed by atoms with E-state index < -0.39 is 65.7 Å². The number of likely N-dealkylation sites (tertiary alicyclic amines) is 1. The lowest BCUT2D eigenvalue weighted by Crippen LogP contribution is -2.66. The van der Waals surface area contributed by atoms with Crippen molar-refractivity contribution in [3.05, 3.63) is 0 Å². The molecule has 3 N–H and O–H groups in total. The van der Waals surface area contributed by atoms with E-state index in [4.69, 9.17) is 4.74 Å². The highest BCUT2D eigenvalue weighted by Gasteiger charge is 2.61. The third-order valence-electron chi connectivity index (χ3n) is 10.1. The van der Waals surface area contributed by atoms with Crippen LogP contribution in [-0.2, 0) is 23.9 Å². The van der Waals surface area contributed by atoms with Gasteiger partial charge in [-0.25, -0.2) is 0 Å². The predicted molar refractivity (Wildman–Crippen MR) is 130 cm³/mol. The summed E-state index contributed by atoms with van der Waals surface area (Å²) >= 11 is 0. The van der Waals surface area contributed by atoms with Gasteiger partial charge in [0.05, 0.1) is 12.2 Å². The van der Waals surface area contributed by atoms with E-state index in [2.05, 4.69) is 16.0 Å². The van der Waals surface area contributed by atoms with Crippen molar-refractivity contribution in [2.75, 3.05) is 6.54 Å². The Kier molecular flexibility index (Phi) is 6.75. The zero-order valence-electron chi connectivity index (χ0n) is 22.0. The minimum atomic E-state index is -5.16. The number of nitrogens with zero attached hydrogens (tertiary/aromatic N) is 2. The zero-order valence-corrected chi connectivity index (χ0v) is 22.0. The van der Waals surface area contributed by atoms with Crippen LogP contribution in [0.1, 0.15) is 64.2 Å². The SMILES string of the molecule is N#C[C@H](C[C@@H]1CCNC1=O)NC(=O)[C@@H]1[C@H]2CC[C@H](O2)N1C(=O)[C@@H](NC(=O)C(F)(F)F)C12CC3CC(CC(C3)C1)C2. The van der Waals surface area contributed by atoms with E-state index in [1.165, 1.54) is 4.90 Å². The summed E-state index contributed by atoms with van der Waals surface area (Å²) in [4.78, 5) is 53.3. The lowest BCUT2D eigenvalue weighted by Gasteiger charge is -2.59. The van der Waals surface area contributed by atoms with Gasteiger partial charge < -0.3 is 25.6 Å². The van der Waals surface area contributed by atoms with Crippen molar-refractivity contribution in [2.45, 2.75) is 101 Å². The van der Waals surface area contributed by atoms with E-state index in [1.54, 1.807) is 0 Å². The monoisotopic (exact) mass is 565 g/mol. The summed E-state index contributed by atoms with van der Waals surface area (Å²) in [5.41, 5.74) is -0.805. The molecule has 0 spiro atoms. The Labute approximate surface area is 229 Å². The largest absolute Gasteiger partial charge is 0.471 e. The highest BCUT2D eigenvalue weighted by molar-refractivity contribution is 5.95. The van der Waals surface area contributed by atoms with Gasteiger partial charge >= 0.3 is 12.1 Å². The number of hydrogen-bond donors (Lipinski definition) is 3. The van der Waals surface area contributed by atoms with Crippen molar-refractivity contribution < 1.29 is 37.1 Å². The van der Waals surface area contributed by atoms with Crippen LogP contribution in [0.3, 0.4) is 0 Å². The second-order valence-electron chi connectivity index (χ2n) is 12.8. The summed E-state index contributed by atoms with van der Waals surface area (Å²) in [5, 5.41) is 17.1. The fraction of sp³-hybridized carbons (Fsp3) is 0.815. The molecule has 6 atom stereocenters. The normalized spacial score (nSPS) is 39.0. The number of alkyl halides is 3. The molecule has 0 aromatic heterocycles. The van der Waals surface area contributed by atoms with Crippen LogP contribution in [0.4, 0.5) is 13.2 Å². The Hall–Kier alpha value is -2.88. The first-order valence-corrected chi connectivity index (χ1v) is 14.3. The summed E-state index contributed by atoms with van der Waals surface area (Å²) in [6, 6.07) is -1.55. The number of carbonyl (C=O) groups is 4. The molecule has 6 bridgehead atoms. The zero-order chi connectivity index (χ0) is 28.4. The summed E-state index contributed by atoms with van der Waals surface area (Å²) in [7, 11) is 0. The van der Waals surface area contributed by atoms with Crippen LogP contribution < -0.4 is 16.0 Å². The number of halogens is 3. The molecule has 0 aromatic carbocycles. The van der Waals surface area contributed by atoms with Gasteiger partial charge in [0.1, 0.15) is 24.4 Å². The van der Waals surface area contributed by atoms with E-state index in [0.717, 1.165) is 19.3 Å². The molecule has 3 aliphatic heterocycles. The van der Waals surface area contributed by atoms with Gasteiger partial charge in [-0.2, -0.15) is 18.4 Å². The van der Waals surface area contributed by atoms with Gasteiger partial charge in [0, 0.05) is 17.9 Å². The van der Waals surface area contributed by atoms with Gasteiger partial charge in [-0.3, -0.25) is 19.2 Å². The van der Waals surface area contributed by atoms with Crippen molar-refractivity contribution in [1.82, 2.24) is 20.9 Å². The average Bonchev–Trinajstić information content (AvgIpc) is 3.61. The van der Waals surface area contributed by atoms with Crippen LogP contribution in [0.15, 0.2) is 0 Å². The Balaban J connectivity index is 1.26. The molecule has 7 aliphatic rings. The maximum Gasteiger partial charge on any atom is 0.471 e. The van der Waals surface area contributed by atoms with Crippen LogP contribution >= 0.6 is 0 Å². The van der Waals surface area contributed by atoms with Gasteiger partial charge in [0.2, 0.25) is 17.7 Å². The molecule has 3 saturated heterocycles. The van der Waals surface area contributed by atoms with Gasteiger partial charge in [0.25, 0.3) is 0 Å². The van der Waals surface area contributed by atoms with Crippen molar-refractivity contribution >= 4 is 23.6 Å². The van der Waals surface area contributed by atoms with Crippen LogP contribution in [0.25, 0.3) is 0 Å². The van der Waals surface area contributed by atoms with Gasteiger partial charge in [-0.05, 0) is 82.0 Å². The van der Waals surface area contributed by atoms with Crippen molar-refractivity contribution in [1.29, 1.82) is 5.26 Å². The minimum absolute atomic E-state index is 0.112. The molecule has 13 heteroatoms. The van der Waals surface area contributed by atoms with Gasteiger partial charge in [-0.15, -0.1) is 0 Å². The molecule has 4 saturated carbocycles. The number of ether oxygens (including phenoxy) is 1. The number of hydrogen-bond acceptors (Lipinski definition) is 6. The number of rotatable bonds is 7. The number of nitriles is 1. The molecule has 10 nitrogen and oxygen atoms in total. The molecule has 0 radical (unpaired) electrons. The molecule has 0 aromatic rings. The van der Waals surface area contributed by atoms with Crippen LogP contribution in [-0.4, -0.2) is 71.7 Å². The first-order valence-electron chi connectivity index (χ1n) is 14.3. The quantitative estimate of drug-likeness (QED) is 0.428. The maximum absolute atomic E-state index is 14.3. The highest BCUT2D eigenvalue weighted by Crippen LogP contribution is 2.61. The summed E-state index contributed by atoms with van der Waals surface area (Å²) < 4.78 is 46.3. The van der Waals surface area contributed by atoms with Crippen molar-refractivity contribution in [3.63, 3.8) is 0 Å². The van der Waals surface area contributed by atoms with Crippen LogP contribution in [0, 0.1) is 40.4 Å². The minimum Gasteiger partial charge on any atom is -0.356 e. The van der Waals surface area contributed by atoms with Crippen LogP contribution in [0.5, 0.6) is 0 Å². The molecular weight excluding hydrogens is 531 g/mol. The van der Waals surface area contributed by atoms with E-state index >= 15 is 0 Å². The lowest BCUT2D eigenvalue weighted by atomic mass is 9.47. The van der Waals surface area contributed by atoms with E-state index in [-0.39, 0.29) is 12.3 Å². The number of fused-ring (bicyclic) bond motifs is 2. The molecule has 40 heavy (non-hydrogen) atoms. The first kappa shape index (κ1) is 27.3. The summed E-state index contributed by atoms with van der Waals surface area (Å²) in [6.45, 7) is 0.494. The van der Waals surface area contributed by atoms with Crippen LogP contribution in [0.2, 0.25) is 0 Å². The number of amides is 4. The molecular formula is C27H34F3N5O5. The van der Waals surface area contributed by atoms with E-state index in [0.29, 0.717) is 62.8 Å². The Bertz CT molecular complexity index is 1100. The van der Waals surface area contributed by atoms with Gasteiger partial charge in [0.15, 0.2) is 0 Å². The Morgan fingerprint density at radius 2 is 1.73 bits per heavy atom. The van der Waals surface area contributed by atoms with E-state index in [9.17, 15) is 37.6 Å². The molecule has 3 heterocycles. The first-order chi connectivity index (χ1) is 19.0. The number of nitrogens with one attached hydrogen (secondary N) is 3. The van der Waals surface area contributed by atoms with E-state index in [1.807, 2.05) is 6.07 Å². The number of piperidine rings is 1. The fourth-order valence-electron chi connectivity index (χ4n) is 8.94. The topological polar surface area (TPSA) is 141 Å². The highest BCUT2D eigenvalue weighted by atomic mass is 19.4. The third kappa shape index (κ3) is 4.72. The molecule has 0 unspecified atom stereocenters. The molecule has 4 amide bonds. The predicted octanol–water partition coefficient (Wildman–Crippen LogP) is 1.50. The smallest absolute Gasteiger partial charge is 0.356 e. The second-order valence-corrected chi connectivity index (χ2v) is 12.8. The Morgan fingerprint density at radius 3 is 2.27 bits per heavy atom. The number of carbonyl (C=O) groups excluding carboxylic acids is 4. The van der Waals surface area contributed by atoms with Crippen molar-refractivity contribution in [3.8, 4) is 6.07 Å². The summed E-state index contributed by atoms with van der Waals surface area (Å²) in [6.07, 6.45) is -0.414. The Morgan fingerprint density at radius 1 is 1.07 bits per heavy atom. The fourth-order valence-corrected chi connectivity index (χ4v) is 8.94. The second kappa shape index (κ2) is 9.89. The molecule has 7 rings (SSSR count). The lowest BCUT2D eigenvalue weighted by molar-refractivity contribution is -0.179.